The van der Waals surface area contributed by atoms with E-state index in [9.17, 15) is 0 Å². The summed E-state index contributed by atoms with van der Waals surface area (Å²) in [6.45, 7) is 4.71. The van der Waals surface area contributed by atoms with Gasteiger partial charge in [0.2, 0.25) is 0 Å². The van der Waals surface area contributed by atoms with Gasteiger partial charge in [-0.15, -0.1) is 0 Å². The number of anilines is 4. The van der Waals surface area contributed by atoms with Gasteiger partial charge in [-0.05, 0) is 49.4 Å². The highest BCUT2D eigenvalue weighted by Crippen LogP contribution is 2.57. The van der Waals surface area contributed by atoms with Gasteiger partial charge in [-0.1, -0.05) is 111 Å². The van der Waals surface area contributed by atoms with Crippen molar-refractivity contribution in [1.82, 2.24) is 9.97 Å². The van der Waals surface area contributed by atoms with Crippen molar-refractivity contribution in [2.75, 3.05) is 9.80 Å². The predicted octanol–water partition coefficient (Wildman–Crippen LogP) is 9.18. The second-order valence-electron chi connectivity index (χ2n) is 10.9. The Morgan fingerprint density at radius 2 is 1.12 bits per heavy atom. The van der Waals surface area contributed by atoms with Crippen molar-refractivity contribution in [1.29, 1.82) is 0 Å². The minimum absolute atomic E-state index is 0.0526. The zero-order valence-corrected chi connectivity index (χ0v) is 23.2. The van der Waals surface area contributed by atoms with Crippen LogP contribution in [-0.2, 0) is 6.42 Å². The molecule has 4 nitrogen and oxygen atoms in total. The number of hydrogen-bond donors (Lipinski definition) is 0. The summed E-state index contributed by atoms with van der Waals surface area (Å²) in [6, 6.07) is 40.7. The van der Waals surface area contributed by atoms with E-state index in [1.807, 2.05) is 0 Å². The van der Waals surface area contributed by atoms with Gasteiger partial charge in [-0.3, -0.25) is 0 Å². The third-order valence-electron chi connectivity index (χ3n) is 9.03. The summed E-state index contributed by atoms with van der Waals surface area (Å²) in [4.78, 5) is 16.1. The molecule has 1 aromatic heterocycles. The molecule has 7 rings (SSSR count). The molecule has 3 heterocycles. The molecular weight excluding hydrogens is 488 g/mol. The average Bonchev–Trinajstić information content (AvgIpc) is 3.29. The van der Waals surface area contributed by atoms with E-state index in [4.69, 9.17) is 9.97 Å². The molecule has 0 amide bonds. The summed E-state index contributed by atoms with van der Waals surface area (Å²) in [5.74, 6) is 1.87. The molecule has 0 bridgehead atoms. The molecule has 0 saturated heterocycles. The number of nitrogens with zero attached hydrogens (tertiary/aromatic N) is 4. The third-order valence-corrected chi connectivity index (χ3v) is 9.03. The van der Waals surface area contributed by atoms with Gasteiger partial charge in [0.25, 0.3) is 0 Å². The van der Waals surface area contributed by atoms with Crippen molar-refractivity contribution in [2.45, 2.75) is 45.7 Å². The molecule has 4 heteroatoms. The van der Waals surface area contributed by atoms with Crippen molar-refractivity contribution in [3.63, 3.8) is 0 Å². The fourth-order valence-corrected chi connectivity index (χ4v) is 6.77. The Bertz CT molecular complexity index is 1630. The van der Waals surface area contributed by atoms with E-state index < -0.39 is 0 Å². The van der Waals surface area contributed by atoms with E-state index in [2.05, 4.69) is 139 Å². The van der Waals surface area contributed by atoms with Gasteiger partial charge < -0.3 is 9.80 Å². The highest BCUT2D eigenvalue weighted by Gasteiger charge is 2.52. The molecule has 198 valence electrons. The highest BCUT2D eigenvalue weighted by molar-refractivity contribution is 5.90. The monoisotopic (exact) mass is 522 g/mol. The first-order valence-corrected chi connectivity index (χ1v) is 14.5. The zero-order valence-electron chi connectivity index (χ0n) is 23.2. The van der Waals surface area contributed by atoms with Crippen molar-refractivity contribution >= 4 is 23.0 Å². The average molecular weight is 523 g/mol. The molecule has 5 aromatic rings. The van der Waals surface area contributed by atoms with Crippen LogP contribution in [0.3, 0.4) is 0 Å². The lowest BCUT2D eigenvalue weighted by molar-refractivity contribution is 0.195. The van der Waals surface area contributed by atoms with Crippen molar-refractivity contribution in [2.24, 2.45) is 5.41 Å². The first-order chi connectivity index (χ1) is 19.7. The number of benzene rings is 4. The molecule has 2 aliphatic rings. The molecule has 0 fully saturated rings. The van der Waals surface area contributed by atoms with Gasteiger partial charge >= 0.3 is 0 Å². The van der Waals surface area contributed by atoms with Crippen LogP contribution in [0.15, 0.2) is 115 Å². The largest absolute Gasteiger partial charge is 0.301 e. The van der Waals surface area contributed by atoms with E-state index >= 15 is 0 Å². The van der Waals surface area contributed by atoms with Crippen molar-refractivity contribution in [3.8, 4) is 22.5 Å². The fraction of sp³-hybridized carbons (Fsp3) is 0.222. The minimum atomic E-state index is 0.0526. The van der Waals surface area contributed by atoms with Crippen molar-refractivity contribution < 1.29 is 0 Å². The molecule has 0 saturated carbocycles. The first-order valence-electron chi connectivity index (χ1n) is 14.5. The maximum Gasteiger partial charge on any atom is 0.179 e. The van der Waals surface area contributed by atoms with Crippen LogP contribution in [0.1, 0.15) is 38.7 Å². The van der Waals surface area contributed by atoms with E-state index in [1.165, 1.54) is 11.3 Å². The predicted molar refractivity (Wildman–Crippen MR) is 165 cm³/mol. The molecule has 0 N–H and O–H groups in total. The Morgan fingerprint density at radius 3 is 1.70 bits per heavy atom. The lowest BCUT2D eigenvalue weighted by Gasteiger charge is -2.45. The minimum Gasteiger partial charge on any atom is -0.301 e. The summed E-state index contributed by atoms with van der Waals surface area (Å²) >= 11 is 0. The van der Waals surface area contributed by atoms with Gasteiger partial charge in [0.15, 0.2) is 11.6 Å². The number of para-hydroxylation sites is 2. The van der Waals surface area contributed by atoms with Crippen LogP contribution in [0, 0.1) is 5.41 Å². The molecule has 1 unspecified atom stereocenters. The van der Waals surface area contributed by atoms with Gasteiger partial charge in [0.05, 0.1) is 11.4 Å². The standard InChI is InChI=1S/C36H34N4/c1-3-36(4-2)25-24-26-16-14-15-23-30(26)40-34-33(39(35(36)40)29-21-12-7-13-22-29)37-31(27-17-8-5-9-18-27)32(38-34)28-19-10-6-11-20-28/h5-23,35H,3-4,24-25H2,1-2H3. The molecule has 0 aliphatic carbocycles. The van der Waals surface area contributed by atoms with E-state index in [-0.39, 0.29) is 11.6 Å². The maximum atomic E-state index is 5.56. The van der Waals surface area contributed by atoms with Crippen LogP contribution in [0.4, 0.5) is 23.0 Å². The summed E-state index contributed by atoms with van der Waals surface area (Å²) in [6.07, 6.45) is 4.40. The lowest BCUT2D eigenvalue weighted by Crippen LogP contribution is -2.51. The number of aromatic nitrogens is 2. The highest BCUT2D eigenvalue weighted by atomic mass is 15.5. The molecule has 1 atom stereocenters. The number of hydrogen-bond acceptors (Lipinski definition) is 4. The van der Waals surface area contributed by atoms with E-state index in [0.717, 1.165) is 65.5 Å². The Kier molecular flexibility index (Phi) is 6.11. The lowest BCUT2D eigenvalue weighted by atomic mass is 9.74. The number of rotatable bonds is 5. The summed E-state index contributed by atoms with van der Waals surface area (Å²) in [7, 11) is 0. The van der Waals surface area contributed by atoms with Crippen LogP contribution >= 0.6 is 0 Å². The molecule has 4 aromatic carbocycles. The third kappa shape index (κ3) is 3.82. The summed E-state index contributed by atoms with van der Waals surface area (Å²) in [5.41, 5.74) is 7.82. The topological polar surface area (TPSA) is 32.3 Å². The van der Waals surface area contributed by atoms with Crippen LogP contribution in [0.5, 0.6) is 0 Å². The smallest absolute Gasteiger partial charge is 0.179 e. The molecule has 2 aliphatic heterocycles. The van der Waals surface area contributed by atoms with Crippen LogP contribution < -0.4 is 9.80 Å². The van der Waals surface area contributed by atoms with Crippen LogP contribution in [0.2, 0.25) is 0 Å². The number of fused-ring (bicyclic) bond motifs is 5. The zero-order chi connectivity index (χ0) is 27.1. The Hall–Kier alpha value is -4.44. The quantitative estimate of drug-likeness (QED) is 0.230. The Labute approximate surface area is 237 Å². The number of aryl methyl sites for hydroxylation is 1. The van der Waals surface area contributed by atoms with Gasteiger partial charge in [0, 0.05) is 27.9 Å². The van der Waals surface area contributed by atoms with E-state index in [0.29, 0.717) is 0 Å². The van der Waals surface area contributed by atoms with Crippen molar-refractivity contribution in [3.05, 3.63) is 121 Å². The molecule has 40 heavy (non-hydrogen) atoms. The van der Waals surface area contributed by atoms with Gasteiger partial charge in [-0.2, -0.15) is 0 Å². The fourth-order valence-electron chi connectivity index (χ4n) is 6.77. The van der Waals surface area contributed by atoms with Gasteiger partial charge in [-0.25, -0.2) is 9.97 Å². The normalized spacial score (nSPS) is 17.1. The van der Waals surface area contributed by atoms with Crippen LogP contribution in [0.25, 0.3) is 22.5 Å². The first kappa shape index (κ1) is 24.6. The Balaban J connectivity index is 1.58. The SMILES string of the molecule is CCC1(CC)CCc2ccccc2N2c3nc(-c4ccccc4)c(-c4ccccc4)nc3N(c3ccccc3)C21. The van der Waals surface area contributed by atoms with E-state index in [1.54, 1.807) is 0 Å². The van der Waals surface area contributed by atoms with Gasteiger partial charge in [0.1, 0.15) is 6.17 Å². The molecular formula is C36H34N4. The summed E-state index contributed by atoms with van der Waals surface area (Å²) < 4.78 is 0. The molecule has 0 radical (unpaired) electrons. The molecule has 0 spiro atoms. The maximum absolute atomic E-state index is 5.56. The second kappa shape index (κ2) is 9.95. The second-order valence-corrected chi connectivity index (χ2v) is 10.9. The Morgan fingerprint density at radius 1 is 0.625 bits per heavy atom. The summed E-state index contributed by atoms with van der Waals surface area (Å²) in [5, 5.41) is 0. The van der Waals surface area contributed by atoms with Crippen LogP contribution in [-0.4, -0.2) is 16.1 Å².